The van der Waals surface area contributed by atoms with E-state index in [0.717, 1.165) is 16.7 Å². The summed E-state index contributed by atoms with van der Waals surface area (Å²) in [6, 6.07) is 8.30. The van der Waals surface area contributed by atoms with Crippen LogP contribution in [0, 0.1) is 0 Å². The molecule has 0 atom stereocenters. The summed E-state index contributed by atoms with van der Waals surface area (Å²) >= 11 is 0. The number of rotatable bonds is 4. The first kappa shape index (κ1) is 13.9. The zero-order valence-electron chi connectivity index (χ0n) is 11.6. The van der Waals surface area contributed by atoms with E-state index >= 15 is 0 Å². The molecule has 0 aliphatic rings. The Balaban J connectivity index is 2.17. The van der Waals surface area contributed by atoms with E-state index in [0.29, 0.717) is 5.57 Å². The van der Waals surface area contributed by atoms with E-state index in [1.54, 1.807) is 13.0 Å². The van der Waals surface area contributed by atoms with Crippen molar-refractivity contribution in [1.82, 2.24) is 4.98 Å². The van der Waals surface area contributed by atoms with Gasteiger partial charge in [-0.15, -0.1) is 0 Å². The first-order valence-electron chi connectivity index (χ1n) is 6.40. The van der Waals surface area contributed by atoms with Crippen LogP contribution in [-0.2, 0) is 4.79 Å². The normalized spacial score (nSPS) is 13.3. The van der Waals surface area contributed by atoms with E-state index in [9.17, 15) is 4.79 Å². The second-order valence-electron chi connectivity index (χ2n) is 4.72. The highest BCUT2D eigenvalue weighted by atomic mass is 16.4. The number of carbonyl (C=O) groups is 1. The molecule has 0 aliphatic carbocycles. The van der Waals surface area contributed by atoms with E-state index in [-0.39, 0.29) is 0 Å². The van der Waals surface area contributed by atoms with Gasteiger partial charge in [-0.05, 0) is 54.1 Å². The topological polar surface area (TPSA) is 53.1 Å². The third kappa shape index (κ3) is 3.48. The number of aliphatic carboxylic acids is 1. The molecule has 2 aromatic rings. The van der Waals surface area contributed by atoms with Crippen molar-refractivity contribution in [3.8, 4) is 0 Å². The number of hydrogen-bond acceptors (Lipinski definition) is 1. The SMILES string of the molecule is C/C(=C/C=C/C(C)=C/C(=O)O)c1ccc2[nH]ccc2c1. The molecule has 0 spiro atoms. The van der Waals surface area contributed by atoms with Gasteiger partial charge in [0.25, 0.3) is 0 Å². The number of benzene rings is 1. The number of hydrogen-bond donors (Lipinski definition) is 2. The van der Waals surface area contributed by atoms with Gasteiger partial charge in [-0.2, -0.15) is 0 Å². The summed E-state index contributed by atoms with van der Waals surface area (Å²) in [4.78, 5) is 13.7. The maximum absolute atomic E-state index is 10.5. The molecular weight excluding hydrogens is 250 g/mol. The van der Waals surface area contributed by atoms with E-state index in [2.05, 4.69) is 23.2 Å². The lowest BCUT2D eigenvalue weighted by atomic mass is 10.0. The van der Waals surface area contributed by atoms with Crippen LogP contribution in [0.25, 0.3) is 16.5 Å². The highest BCUT2D eigenvalue weighted by Crippen LogP contribution is 2.20. The fourth-order valence-corrected chi connectivity index (χ4v) is 1.98. The highest BCUT2D eigenvalue weighted by Gasteiger charge is 1.98. The van der Waals surface area contributed by atoms with E-state index in [1.807, 2.05) is 31.3 Å². The Bertz CT molecular complexity index is 717. The van der Waals surface area contributed by atoms with E-state index in [4.69, 9.17) is 5.11 Å². The number of H-pyrrole nitrogens is 1. The molecule has 0 amide bonds. The number of carboxylic acid groups (broad SMARTS) is 1. The average Bonchev–Trinajstić information content (AvgIpc) is 2.84. The fraction of sp³-hybridized carbons (Fsp3) is 0.118. The Hall–Kier alpha value is -2.55. The molecule has 0 fully saturated rings. The molecule has 0 saturated carbocycles. The number of aromatic nitrogens is 1. The van der Waals surface area contributed by atoms with Gasteiger partial charge in [-0.25, -0.2) is 4.79 Å². The number of fused-ring (bicyclic) bond motifs is 1. The lowest BCUT2D eigenvalue weighted by molar-refractivity contribution is -0.131. The van der Waals surface area contributed by atoms with Crippen molar-refractivity contribution in [2.45, 2.75) is 13.8 Å². The second kappa shape index (κ2) is 6.06. The minimum atomic E-state index is -0.925. The summed E-state index contributed by atoms with van der Waals surface area (Å²) in [5.41, 5.74) is 4.12. The van der Waals surface area contributed by atoms with Crippen LogP contribution in [0.3, 0.4) is 0 Å². The maximum Gasteiger partial charge on any atom is 0.328 e. The number of aromatic amines is 1. The van der Waals surface area contributed by atoms with Gasteiger partial charge in [0.2, 0.25) is 0 Å². The Morgan fingerprint density at radius 2 is 2.05 bits per heavy atom. The molecule has 0 aliphatic heterocycles. The molecule has 1 aromatic heterocycles. The Kier molecular flexibility index (Phi) is 4.20. The summed E-state index contributed by atoms with van der Waals surface area (Å²) in [5, 5.41) is 9.80. The van der Waals surface area contributed by atoms with Gasteiger partial charge in [0.15, 0.2) is 0 Å². The fourth-order valence-electron chi connectivity index (χ4n) is 1.98. The van der Waals surface area contributed by atoms with Gasteiger partial charge in [0, 0.05) is 17.8 Å². The lowest BCUT2D eigenvalue weighted by Gasteiger charge is -2.00. The number of allylic oxidation sites excluding steroid dienone is 5. The molecule has 3 nitrogen and oxygen atoms in total. The molecule has 2 rings (SSSR count). The van der Waals surface area contributed by atoms with Crippen LogP contribution < -0.4 is 0 Å². The second-order valence-corrected chi connectivity index (χ2v) is 4.72. The predicted octanol–water partition coefficient (Wildman–Crippen LogP) is 4.16. The van der Waals surface area contributed by atoms with Gasteiger partial charge in [-0.1, -0.05) is 24.3 Å². The van der Waals surface area contributed by atoms with Gasteiger partial charge < -0.3 is 10.1 Å². The molecule has 1 aromatic carbocycles. The third-order valence-corrected chi connectivity index (χ3v) is 3.07. The summed E-state index contributed by atoms with van der Waals surface area (Å²) < 4.78 is 0. The van der Waals surface area contributed by atoms with Crippen LogP contribution in [0.5, 0.6) is 0 Å². The Labute approximate surface area is 117 Å². The van der Waals surface area contributed by atoms with Crippen LogP contribution in [0.1, 0.15) is 19.4 Å². The Morgan fingerprint density at radius 3 is 2.80 bits per heavy atom. The zero-order chi connectivity index (χ0) is 14.5. The predicted molar refractivity (Wildman–Crippen MR) is 82.5 cm³/mol. The van der Waals surface area contributed by atoms with Gasteiger partial charge in [0.05, 0.1) is 0 Å². The summed E-state index contributed by atoms with van der Waals surface area (Å²) in [5.74, 6) is -0.925. The van der Waals surface area contributed by atoms with Crippen molar-refractivity contribution in [2.24, 2.45) is 0 Å². The monoisotopic (exact) mass is 267 g/mol. The Morgan fingerprint density at radius 1 is 1.25 bits per heavy atom. The minimum Gasteiger partial charge on any atom is -0.478 e. The van der Waals surface area contributed by atoms with Crippen LogP contribution >= 0.6 is 0 Å². The van der Waals surface area contributed by atoms with E-state index in [1.165, 1.54) is 11.5 Å². The van der Waals surface area contributed by atoms with Crippen LogP contribution in [0.4, 0.5) is 0 Å². The standard InChI is InChI=1S/C17H17NO2/c1-12(10-17(19)20)4-3-5-13(2)14-6-7-16-15(11-14)8-9-18-16/h3-11,18H,1-2H3,(H,19,20)/b4-3+,12-10+,13-5-. The van der Waals surface area contributed by atoms with Gasteiger partial charge >= 0.3 is 5.97 Å². The molecule has 102 valence electrons. The molecule has 0 radical (unpaired) electrons. The van der Waals surface area contributed by atoms with Gasteiger partial charge in [-0.3, -0.25) is 0 Å². The van der Waals surface area contributed by atoms with Crippen molar-refractivity contribution in [3.63, 3.8) is 0 Å². The molecule has 1 heterocycles. The zero-order valence-corrected chi connectivity index (χ0v) is 11.6. The summed E-state index contributed by atoms with van der Waals surface area (Å²) in [6.07, 6.45) is 8.74. The first-order chi connectivity index (χ1) is 9.56. The first-order valence-corrected chi connectivity index (χ1v) is 6.40. The number of nitrogens with one attached hydrogen (secondary N) is 1. The van der Waals surface area contributed by atoms with Crippen molar-refractivity contribution >= 4 is 22.4 Å². The van der Waals surface area contributed by atoms with Crippen LogP contribution in [0.15, 0.2) is 60.3 Å². The van der Waals surface area contributed by atoms with Crippen LogP contribution in [-0.4, -0.2) is 16.1 Å². The smallest absolute Gasteiger partial charge is 0.328 e. The molecule has 3 heteroatoms. The van der Waals surface area contributed by atoms with Crippen molar-refractivity contribution in [2.75, 3.05) is 0 Å². The van der Waals surface area contributed by atoms with Crippen LogP contribution in [0.2, 0.25) is 0 Å². The summed E-state index contributed by atoms with van der Waals surface area (Å²) in [6.45, 7) is 3.80. The molecule has 0 bridgehead atoms. The minimum absolute atomic E-state index is 0.711. The van der Waals surface area contributed by atoms with Crippen molar-refractivity contribution in [1.29, 1.82) is 0 Å². The molecule has 2 N–H and O–H groups in total. The molecule has 0 unspecified atom stereocenters. The average molecular weight is 267 g/mol. The van der Waals surface area contributed by atoms with E-state index < -0.39 is 5.97 Å². The van der Waals surface area contributed by atoms with Gasteiger partial charge in [0.1, 0.15) is 0 Å². The number of carboxylic acids is 1. The molecular formula is C17H17NO2. The quantitative estimate of drug-likeness (QED) is 0.645. The third-order valence-electron chi connectivity index (χ3n) is 3.07. The van der Waals surface area contributed by atoms with Crippen molar-refractivity contribution < 1.29 is 9.90 Å². The molecule has 20 heavy (non-hydrogen) atoms. The maximum atomic E-state index is 10.5. The molecule has 0 saturated heterocycles. The highest BCUT2D eigenvalue weighted by molar-refractivity contribution is 5.84. The summed E-state index contributed by atoms with van der Waals surface area (Å²) in [7, 11) is 0. The lowest BCUT2D eigenvalue weighted by Crippen LogP contribution is -1.87. The largest absolute Gasteiger partial charge is 0.478 e. The van der Waals surface area contributed by atoms with Crippen molar-refractivity contribution in [3.05, 3.63) is 65.9 Å².